The first-order chi connectivity index (χ1) is 9.11. The molecule has 0 bridgehead atoms. The van der Waals surface area contributed by atoms with Crippen LogP contribution >= 0.6 is 0 Å². The highest BCUT2D eigenvalue weighted by atomic mass is 19.2. The molecule has 2 aromatic carbocycles. The van der Waals surface area contributed by atoms with Crippen molar-refractivity contribution in [3.8, 4) is 11.5 Å². The number of benzene rings is 2. The molecule has 2 rings (SSSR count). The minimum absolute atomic E-state index is 0.0312. The van der Waals surface area contributed by atoms with E-state index in [-0.39, 0.29) is 18.0 Å². The first-order valence-electron chi connectivity index (χ1n) is 5.65. The third kappa shape index (κ3) is 2.93. The first kappa shape index (κ1) is 13.1. The van der Waals surface area contributed by atoms with Gasteiger partial charge in [-0.2, -0.15) is 0 Å². The molecule has 100 valence electrons. The topological polar surface area (TPSA) is 41.5 Å². The molecule has 0 aromatic heterocycles. The summed E-state index contributed by atoms with van der Waals surface area (Å²) in [6.07, 6.45) is 0. The number of hydrogen-bond donors (Lipinski definition) is 2. The lowest BCUT2D eigenvalue weighted by Gasteiger charge is -2.10. The third-order valence-electron chi connectivity index (χ3n) is 2.71. The van der Waals surface area contributed by atoms with Crippen LogP contribution in [0.3, 0.4) is 0 Å². The van der Waals surface area contributed by atoms with E-state index in [2.05, 4.69) is 5.32 Å². The number of nitrogens with one attached hydrogen (secondary N) is 1. The van der Waals surface area contributed by atoms with Crippen LogP contribution in [0.15, 0.2) is 36.4 Å². The molecule has 3 nitrogen and oxygen atoms in total. The Kier molecular flexibility index (Phi) is 3.85. The number of anilines is 1. The molecule has 0 aliphatic carbocycles. The molecule has 0 unspecified atom stereocenters. The second-order valence-corrected chi connectivity index (χ2v) is 3.95. The van der Waals surface area contributed by atoms with Crippen molar-refractivity contribution in [3.63, 3.8) is 0 Å². The average Bonchev–Trinajstić information content (AvgIpc) is 2.41. The number of ether oxygens (including phenoxy) is 1. The lowest BCUT2D eigenvalue weighted by atomic mass is 10.2. The number of halogens is 2. The minimum atomic E-state index is -0.935. The van der Waals surface area contributed by atoms with Crippen molar-refractivity contribution in [2.24, 2.45) is 0 Å². The standard InChI is InChI=1S/C14H13F2NO2/c1-19-10-6-5-9(13(18)7-10)8-17-12-4-2-3-11(15)14(12)16/h2-7,17-18H,8H2,1H3. The SMILES string of the molecule is COc1ccc(CNc2cccc(F)c2F)c(O)c1. The lowest BCUT2D eigenvalue weighted by molar-refractivity contribution is 0.406. The van der Waals surface area contributed by atoms with Gasteiger partial charge < -0.3 is 15.2 Å². The van der Waals surface area contributed by atoms with Gasteiger partial charge in [-0.05, 0) is 24.3 Å². The van der Waals surface area contributed by atoms with Crippen LogP contribution < -0.4 is 10.1 Å². The maximum atomic E-state index is 13.4. The van der Waals surface area contributed by atoms with E-state index in [4.69, 9.17) is 4.74 Å². The van der Waals surface area contributed by atoms with E-state index in [9.17, 15) is 13.9 Å². The van der Waals surface area contributed by atoms with Gasteiger partial charge in [0, 0.05) is 18.2 Å². The smallest absolute Gasteiger partial charge is 0.181 e. The Morgan fingerprint density at radius 2 is 2.00 bits per heavy atom. The maximum absolute atomic E-state index is 13.4. The zero-order chi connectivity index (χ0) is 13.8. The zero-order valence-corrected chi connectivity index (χ0v) is 10.3. The minimum Gasteiger partial charge on any atom is -0.507 e. The Bertz CT molecular complexity index is 588. The van der Waals surface area contributed by atoms with Gasteiger partial charge in [-0.3, -0.25) is 0 Å². The maximum Gasteiger partial charge on any atom is 0.181 e. The summed E-state index contributed by atoms with van der Waals surface area (Å²) in [7, 11) is 1.49. The lowest BCUT2D eigenvalue weighted by Crippen LogP contribution is -2.03. The zero-order valence-electron chi connectivity index (χ0n) is 10.3. The molecule has 0 atom stereocenters. The number of hydrogen-bond acceptors (Lipinski definition) is 3. The molecule has 0 saturated carbocycles. The fourth-order valence-corrected chi connectivity index (χ4v) is 1.65. The second-order valence-electron chi connectivity index (χ2n) is 3.95. The molecular formula is C14H13F2NO2. The first-order valence-corrected chi connectivity index (χ1v) is 5.65. The van der Waals surface area contributed by atoms with Crippen molar-refractivity contribution < 1.29 is 18.6 Å². The van der Waals surface area contributed by atoms with E-state index < -0.39 is 11.6 Å². The Balaban J connectivity index is 2.12. The number of rotatable bonds is 4. The van der Waals surface area contributed by atoms with Crippen LogP contribution in [0.25, 0.3) is 0 Å². The second kappa shape index (κ2) is 5.56. The van der Waals surface area contributed by atoms with Gasteiger partial charge in [0.15, 0.2) is 11.6 Å². The number of methoxy groups -OCH3 is 1. The average molecular weight is 265 g/mol. The van der Waals surface area contributed by atoms with Crippen molar-refractivity contribution in [1.82, 2.24) is 0 Å². The largest absolute Gasteiger partial charge is 0.507 e. The van der Waals surface area contributed by atoms with Crippen LogP contribution in [-0.4, -0.2) is 12.2 Å². The van der Waals surface area contributed by atoms with E-state index in [0.717, 1.165) is 6.07 Å². The van der Waals surface area contributed by atoms with E-state index in [1.807, 2.05) is 0 Å². The molecule has 2 aromatic rings. The van der Waals surface area contributed by atoms with Crippen LogP contribution in [0.2, 0.25) is 0 Å². The molecule has 0 heterocycles. The quantitative estimate of drug-likeness (QED) is 0.891. The Hall–Kier alpha value is -2.30. The van der Waals surface area contributed by atoms with Crippen LogP contribution in [0.4, 0.5) is 14.5 Å². The third-order valence-corrected chi connectivity index (χ3v) is 2.71. The summed E-state index contributed by atoms with van der Waals surface area (Å²) >= 11 is 0. The predicted octanol–water partition coefficient (Wildman–Crippen LogP) is 3.29. The number of phenolic OH excluding ortho intramolecular Hbond substituents is 1. The normalized spacial score (nSPS) is 10.3. The highest BCUT2D eigenvalue weighted by molar-refractivity contribution is 5.47. The fraction of sp³-hybridized carbons (Fsp3) is 0.143. The van der Waals surface area contributed by atoms with Gasteiger partial charge in [0.1, 0.15) is 11.5 Å². The van der Waals surface area contributed by atoms with Gasteiger partial charge in [0.2, 0.25) is 0 Å². The molecule has 0 saturated heterocycles. The van der Waals surface area contributed by atoms with Crippen LogP contribution in [0, 0.1) is 11.6 Å². The summed E-state index contributed by atoms with van der Waals surface area (Å²) in [5.41, 5.74) is 0.611. The molecule has 0 spiro atoms. The van der Waals surface area contributed by atoms with E-state index in [1.54, 1.807) is 12.1 Å². The monoisotopic (exact) mass is 265 g/mol. The predicted molar refractivity (Wildman–Crippen MR) is 68.3 cm³/mol. The summed E-state index contributed by atoms with van der Waals surface area (Å²) in [4.78, 5) is 0. The molecule has 0 radical (unpaired) electrons. The molecule has 0 aliphatic rings. The van der Waals surface area contributed by atoms with Crippen LogP contribution in [0.5, 0.6) is 11.5 Å². The molecule has 0 amide bonds. The summed E-state index contributed by atoms with van der Waals surface area (Å²) < 4.78 is 31.4. The summed E-state index contributed by atoms with van der Waals surface area (Å²) in [5.74, 6) is -1.29. The Labute approximate surface area is 109 Å². The number of phenols is 1. The molecule has 0 fully saturated rings. The van der Waals surface area contributed by atoms with Crippen LogP contribution in [-0.2, 0) is 6.54 Å². The molecule has 5 heteroatoms. The van der Waals surface area contributed by atoms with Crippen molar-refractivity contribution in [2.45, 2.75) is 6.54 Å². The van der Waals surface area contributed by atoms with Gasteiger partial charge in [0.25, 0.3) is 0 Å². The fourth-order valence-electron chi connectivity index (χ4n) is 1.65. The Morgan fingerprint density at radius 1 is 1.21 bits per heavy atom. The molecular weight excluding hydrogens is 252 g/mol. The van der Waals surface area contributed by atoms with E-state index >= 15 is 0 Å². The van der Waals surface area contributed by atoms with Gasteiger partial charge >= 0.3 is 0 Å². The van der Waals surface area contributed by atoms with Gasteiger partial charge in [0.05, 0.1) is 12.8 Å². The van der Waals surface area contributed by atoms with E-state index in [0.29, 0.717) is 11.3 Å². The van der Waals surface area contributed by atoms with Gasteiger partial charge in [-0.25, -0.2) is 8.78 Å². The summed E-state index contributed by atoms with van der Waals surface area (Å²) in [6, 6.07) is 8.68. The van der Waals surface area contributed by atoms with Crippen LogP contribution in [0.1, 0.15) is 5.56 Å². The van der Waals surface area contributed by atoms with Gasteiger partial charge in [-0.15, -0.1) is 0 Å². The highest BCUT2D eigenvalue weighted by Crippen LogP contribution is 2.25. The molecule has 19 heavy (non-hydrogen) atoms. The van der Waals surface area contributed by atoms with Crippen molar-refractivity contribution in [1.29, 1.82) is 0 Å². The summed E-state index contributed by atoms with van der Waals surface area (Å²) in [5, 5.41) is 12.5. The molecule has 2 N–H and O–H groups in total. The van der Waals surface area contributed by atoms with Crippen molar-refractivity contribution >= 4 is 5.69 Å². The molecule has 0 aliphatic heterocycles. The van der Waals surface area contributed by atoms with E-state index in [1.165, 1.54) is 25.3 Å². The Morgan fingerprint density at radius 3 is 2.68 bits per heavy atom. The summed E-state index contributed by atoms with van der Waals surface area (Å²) in [6.45, 7) is 0.177. The van der Waals surface area contributed by atoms with Crippen molar-refractivity contribution in [2.75, 3.05) is 12.4 Å². The highest BCUT2D eigenvalue weighted by Gasteiger charge is 2.08. The van der Waals surface area contributed by atoms with Crippen molar-refractivity contribution in [3.05, 3.63) is 53.6 Å². The number of aromatic hydroxyl groups is 1. The van der Waals surface area contributed by atoms with Gasteiger partial charge in [-0.1, -0.05) is 6.07 Å².